The Morgan fingerprint density at radius 3 is 2.75 bits per heavy atom. The Hall–Kier alpha value is -1.54. The van der Waals surface area contributed by atoms with Crippen LogP contribution >= 0.6 is 15.9 Å². The van der Waals surface area contributed by atoms with Gasteiger partial charge in [0, 0.05) is 0 Å². The van der Waals surface area contributed by atoms with Gasteiger partial charge in [0.15, 0.2) is 5.75 Å². The third-order valence-corrected chi connectivity index (χ3v) is 2.55. The van der Waals surface area contributed by atoms with Crippen molar-refractivity contribution >= 4 is 21.9 Å². The molecule has 1 rings (SSSR count). The van der Waals surface area contributed by atoms with Crippen LogP contribution in [0.5, 0.6) is 5.75 Å². The van der Waals surface area contributed by atoms with E-state index in [1.807, 2.05) is 6.07 Å². The number of esters is 1. The normalized spacial score (nSPS) is 9.38. The number of methoxy groups -OCH3 is 1. The molecule has 0 saturated heterocycles. The second-order valence-electron chi connectivity index (χ2n) is 2.84. The molecule has 0 N–H and O–H groups in total. The molecule has 0 bridgehead atoms. The van der Waals surface area contributed by atoms with Crippen molar-refractivity contribution in [1.82, 2.24) is 0 Å². The molecule has 0 saturated carbocycles. The molecule has 0 unspecified atom stereocenters. The molecule has 0 aliphatic heterocycles. The summed E-state index contributed by atoms with van der Waals surface area (Å²) in [7, 11) is 1.44. The number of hydrogen-bond acceptors (Lipinski definition) is 4. The van der Waals surface area contributed by atoms with Crippen LogP contribution < -0.4 is 4.74 Å². The molecule has 0 aliphatic rings. The standard InChI is InChI=1S/C11H10BrNO3/c1-3-16-11(14)7-4-5-9(12)10(15-2)8(7)6-13/h4-5H,3H2,1-2H3. The third-order valence-electron chi connectivity index (χ3n) is 1.92. The number of ether oxygens (including phenoxy) is 2. The number of rotatable bonds is 3. The van der Waals surface area contributed by atoms with E-state index in [1.54, 1.807) is 13.0 Å². The minimum absolute atomic E-state index is 0.176. The van der Waals surface area contributed by atoms with Crippen molar-refractivity contribution in [1.29, 1.82) is 5.26 Å². The van der Waals surface area contributed by atoms with Crippen LogP contribution in [0.1, 0.15) is 22.8 Å². The van der Waals surface area contributed by atoms with Gasteiger partial charge in [-0.15, -0.1) is 0 Å². The van der Waals surface area contributed by atoms with Gasteiger partial charge in [0.2, 0.25) is 0 Å². The summed E-state index contributed by atoms with van der Waals surface area (Å²) in [5.74, 6) is -0.182. The average Bonchev–Trinajstić information content (AvgIpc) is 2.28. The number of nitrogens with zero attached hydrogens (tertiary/aromatic N) is 1. The van der Waals surface area contributed by atoms with Crippen LogP contribution in [0, 0.1) is 11.3 Å². The second kappa shape index (κ2) is 5.52. The number of carbonyl (C=O) groups excluding carboxylic acids is 1. The van der Waals surface area contributed by atoms with Gasteiger partial charge in [-0.2, -0.15) is 5.26 Å². The average molecular weight is 284 g/mol. The molecule has 0 fully saturated rings. The predicted molar refractivity (Wildman–Crippen MR) is 61.4 cm³/mol. The highest BCUT2D eigenvalue weighted by molar-refractivity contribution is 9.10. The molecule has 16 heavy (non-hydrogen) atoms. The molecule has 1 aromatic rings. The highest BCUT2D eigenvalue weighted by Crippen LogP contribution is 2.31. The van der Waals surface area contributed by atoms with Crippen LogP contribution in [0.4, 0.5) is 0 Å². The monoisotopic (exact) mass is 283 g/mol. The molecule has 84 valence electrons. The van der Waals surface area contributed by atoms with Crippen molar-refractivity contribution in [2.24, 2.45) is 0 Å². The fourth-order valence-corrected chi connectivity index (χ4v) is 1.74. The summed E-state index contributed by atoms with van der Waals surface area (Å²) in [6.07, 6.45) is 0. The van der Waals surface area contributed by atoms with Crippen LogP contribution in [-0.4, -0.2) is 19.7 Å². The molecular weight excluding hydrogens is 274 g/mol. The molecule has 0 aromatic heterocycles. The molecule has 0 spiro atoms. The summed E-state index contributed by atoms with van der Waals surface area (Å²) < 4.78 is 10.5. The highest BCUT2D eigenvalue weighted by atomic mass is 79.9. The summed E-state index contributed by atoms with van der Waals surface area (Å²) in [6.45, 7) is 1.97. The van der Waals surface area contributed by atoms with Gasteiger partial charge in [-0.1, -0.05) is 0 Å². The lowest BCUT2D eigenvalue weighted by Gasteiger charge is -2.09. The van der Waals surface area contributed by atoms with E-state index >= 15 is 0 Å². The first-order valence-electron chi connectivity index (χ1n) is 4.59. The van der Waals surface area contributed by atoms with E-state index in [9.17, 15) is 4.79 Å². The first-order valence-corrected chi connectivity index (χ1v) is 5.38. The topological polar surface area (TPSA) is 59.3 Å². The Kier molecular flexibility index (Phi) is 4.32. The summed E-state index contributed by atoms with van der Waals surface area (Å²) in [5.41, 5.74) is 0.389. The second-order valence-corrected chi connectivity index (χ2v) is 3.69. The maximum atomic E-state index is 11.6. The molecular formula is C11H10BrNO3. The van der Waals surface area contributed by atoms with E-state index < -0.39 is 5.97 Å². The molecule has 0 radical (unpaired) electrons. The lowest BCUT2D eigenvalue weighted by molar-refractivity contribution is 0.0525. The van der Waals surface area contributed by atoms with E-state index in [0.29, 0.717) is 10.2 Å². The van der Waals surface area contributed by atoms with Crippen LogP contribution in [-0.2, 0) is 4.74 Å². The number of benzene rings is 1. The first-order chi connectivity index (χ1) is 7.65. The smallest absolute Gasteiger partial charge is 0.339 e. The maximum absolute atomic E-state index is 11.6. The number of halogens is 1. The Labute approximate surface area is 102 Å². The number of carbonyl (C=O) groups is 1. The van der Waals surface area contributed by atoms with Gasteiger partial charge in [0.25, 0.3) is 0 Å². The van der Waals surface area contributed by atoms with Gasteiger partial charge in [-0.25, -0.2) is 4.79 Å². The number of nitriles is 1. The van der Waals surface area contributed by atoms with Crippen molar-refractivity contribution in [3.63, 3.8) is 0 Å². The van der Waals surface area contributed by atoms with E-state index in [2.05, 4.69) is 15.9 Å². The van der Waals surface area contributed by atoms with Crippen molar-refractivity contribution in [2.45, 2.75) is 6.92 Å². The van der Waals surface area contributed by atoms with Crippen LogP contribution in [0.2, 0.25) is 0 Å². The third kappa shape index (κ3) is 2.34. The Morgan fingerprint density at radius 2 is 2.25 bits per heavy atom. The van der Waals surface area contributed by atoms with Gasteiger partial charge >= 0.3 is 5.97 Å². The van der Waals surface area contributed by atoms with Crippen molar-refractivity contribution in [3.05, 3.63) is 27.7 Å². The van der Waals surface area contributed by atoms with E-state index in [0.717, 1.165) is 0 Å². The fraction of sp³-hybridized carbons (Fsp3) is 0.273. The largest absolute Gasteiger partial charge is 0.494 e. The van der Waals surface area contributed by atoms with Gasteiger partial charge in [-0.3, -0.25) is 0 Å². The molecule has 0 aliphatic carbocycles. The van der Waals surface area contributed by atoms with Gasteiger partial charge < -0.3 is 9.47 Å². The van der Waals surface area contributed by atoms with Crippen molar-refractivity contribution in [3.8, 4) is 11.8 Å². The molecule has 4 nitrogen and oxygen atoms in total. The van der Waals surface area contributed by atoms with Gasteiger partial charge in [0.05, 0.1) is 23.8 Å². The summed E-state index contributed by atoms with van der Waals surface area (Å²) >= 11 is 3.24. The fourth-order valence-electron chi connectivity index (χ4n) is 1.25. The minimum Gasteiger partial charge on any atom is -0.494 e. The molecule has 0 heterocycles. The summed E-state index contributed by atoms with van der Waals surface area (Å²) in [4.78, 5) is 11.6. The van der Waals surface area contributed by atoms with E-state index in [-0.39, 0.29) is 17.7 Å². The number of hydrogen-bond donors (Lipinski definition) is 0. The SMILES string of the molecule is CCOC(=O)c1ccc(Br)c(OC)c1C#N. The lowest BCUT2D eigenvalue weighted by Crippen LogP contribution is -2.08. The quantitative estimate of drug-likeness (QED) is 0.800. The molecule has 0 atom stereocenters. The minimum atomic E-state index is -0.523. The van der Waals surface area contributed by atoms with E-state index in [1.165, 1.54) is 13.2 Å². The zero-order chi connectivity index (χ0) is 12.1. The first kappa shape index (κ1) is 12.5. The molecule has 5 heteroatoms. The van der Waals surface area contributed by atoms with Crippen LogP contribution in [0.3, 0.4) is 0 Å². The van der Waals surface area contributed by atoms with Crippen molar-refractivity contribution in [2.75, 3.05) is 13.7 Å². The zero-order valence-electron chi connectivity index (χ0n) is 8.91. The Bertz CT molecular complexity index is 451. The molecule has 1 aromatic carbocycles. The lowest BCUT2D eigenvalue weighted by atomic mass is 10.1. The van der Waals surface area contributed by atoms with Crippen LogP contribution in [0.25, 0.3) is 0 Å². The van der Waals surface area contributed by atoms with Gasteiger partial charge in [-0.05, 0) is 35.0 Å². The van der Waals surface area contributed by atoms with Gasteiger partial charge in [0.1, 0.15) is 11.6 Å². The summed E-state index contributed by atoms with van der Waals surface area (Å²) in [5, 5.41) is 9.01. The van der Waals surface area contributed by atoms with Crippen molar-refractivity contribution < 1.29 is 14.3 Å². The van der Waals surface area contributed by atoms with E-state index in [4.69, 9.17) is 14.7 Å². The summed E-state index contributed by atoms with van der Waals surface area (Å²) in [6, 6.07) is 5.12. The maximum Gasteiger partial charge on any atom is 0.339 e. The zero-order valence-corrected chi connectivity index (χ0v) is 10.5. The molecule has 0 amide bonds. The predicted octanol–water partition coefficient (Wildman–Crippen LogP) is 2.51. The Balaban J connectivity index is 3.31. The Morgan fingerprint density at radius 1 is 1.56 bits per heavy atom. The highest BCUT2D eigenvalue weighted by Gasteiger charge is 2.18. The van der Waals surface area contributed by atoms with Crippen LogP contribution in [0.15, 0.2) is 16.6 Å².